The van der Waals surface area contributed by atoms with Crippen molar-refractivity contribution in [3.8, 4) is 0 Å². The molecular formula is C16H27NO7. The molecular weight excluding hydrogens is 318 g/mol. The molecule has 1 heterocycles. The van der Waals surface area contributed by atoms with E-state index in [9.17, 15) is 30.0 Å². The monoisotopic (exact) mass is 345 g/mol. The van der Waals surface area contributed by atoms with Crippen molar-refractivity contribution in [3.05, 3.63) is 0 Å². The van der Waals surface area contributed by atoms with Gasteiger partial charge in [-0.2, -0.15) is 0 Å². The fourth-order valence-electron chi connectivity index (χ4n) is 3.47. The third-order valence-electron chi connectivity index (χ3n) is 5.11. The van der Waals surface area contributed by atoms with E-state index in [-0.39, 0.29) is 11.7 Å². The Morgan fingerprint density at radius 2 is 1.67 bits per heavy atom. The Morgan fingerprint density at radius 3 is 2.21 bits per heavy atom. The lowest BCUT2D eigenvalue weighted by atomic mass is 9.85. The molecule has 0 spiro atoms. The van der Waals surface area contributed by atoms with Crippen LogP contribution in [0.15, 0.2) is 0 Å². The highest BCUT2D eigenvalue weighted by Crippen LogP contribution is 2.30. The molecule has 0 aromatic heterocycles. The molecule has 0 unspecified atom stereocenters. The zero-order valence-electron chi connectivity index (χ0n) is 13.6. The molecule has 1 saturated carbocycles. The van der Waals surface area contributed by atoms with Gasteiger partial charge < -0.3 is 30.9 Å². The van der Waals surface area contributed by atoms with Gasteiger partial charge in [-0.3, -0.25) is 9.59 Å². The van der Waals surface area contributed by atoms with Crippen LogP contribution in [0.2, 0.25) is 0 Å². The highest BCUT2D eigenvalue weighted by atomic mass is 16.7. The van der Waals surface area contributed by atoms with E-state index in [2.05, 4.69) is 0 Å². The fourth-order valence-corrected chi connectivity index (χ4v) is 3.47. The second-order valence-corrected chi connectivity index (χ2v) is 6.80. The summed E-state index contributed by atoms with van der Waals surface area (Å²) < 4.78 is 5.06. The summed E-state index contributed by atoms with van der Waals surface area (Å²) in [7, 11) is 0. The summed E-state index contributed by atoms with van der Waals surface area (Å²) in [4.78, 5) is 24.8. The second-order valence-electron chi connectivity index (χ2n) is 6.80. The van der Waals surface area contributed by atoms with Gasteiger partial charge >= 0.3 is 0 Å². The first-order valence-corrected chi connectivity index (χ1v) is 8.50. The number of nitrogens with two attached hydrogens (primary N) is 1. The lowest BCUT2D eigenvalue weighted by Crippen LogP contribution is -2.71. The van der Waals surface area contributed by atoms with Gasteiger partial charge in [0.1, 0.15) is 24.1 Å². The number of hydrogen-bond donors (Lipinski definition) is 5. The van der Waals surface area contributed by atoms with Crippen LogP contribution in [0.5, 0.6) is 0 Å². The maximum atomic E-state index is 12.4. The molecule has 1 saturated heterocycles. The van der Waals surface area contributed by atoms with Crippen LogP contribution < -0.4 is 5.73 Å². The summed E-state index contributed by atoms with van der Waals surface area (Å²) in [6.07, 6.45) is 0.349. The van der Waals surface area contributed by atoms with E-state index in [0.29, 0.717) is 0 Å². The Hall–Kier alpha value is -0.900. The topological polar surface area (TPSA) is 150 Å². The number of hydrogen-bond acceptors (Lipinski definition) is 8. The molecule has 2 fully saturated rings. The van der Waals surface area contributed by atoms with Crippen LogP contribution in [-0.2, 0) is 14.3 Å². The molecule has 2 aliphatic rings. The minimum absolute atomic E-state index is 0.219. The standard InChI is InChI=1S/C16H27NO7/c17-15-14(22)13(21)11(8-18)24-16(15,23)12(20)7-10(19)9-5-3-1-2-4-6-9/h9,11,13-15,18,21-23H,1-8,17H2/t11-,13-,14+,15-,16+/m1/s1. The summed E-state index contributed by atoms with van der Waals surface area (Å²) in [6.45, 7) is -0.711. The Labute approximate surface area is 140 Å². The summed E-state index contributed by atoms with van der Waals surface area (Å²) >= 11 is 0. The van der Waals surface area contributed by atoms with Crippen LogP contribution >= 0.6 is 0 Å². The van der Waals surface area contributed by atoms with Gasteiger partial charge in [-0.15, -0.1) is 0 Å². The highest BCUT2D eigenvalue weighted by molar-refractivity contribution is 6.03. The Bertz CT molecular complexity index is 461. The molecule has 1 aliphatic carbocycles. The van der Waals surface area contributed by atoms with Gasteiger partial charge in [-0.25, -0.2) is 0 Å². The molecule has 8 heteroatoms. The van der Waals surface area contributed by atoms with E-state index < -0.39 is 49.0 Å². The van der Waals surface area contributed by atoms with E-state index in [1.807, 2.05) is 0 Å². The Kier molecular flexibility index (Phi) is 6.46. The molecule has 1 aliphatic heterocycles. The zero-order chi connectivity index (χ0) is 17.9. The van der Waals surface area contributed by atoms with Gasteiger partial charge in [-0.05, 0) is 12.8 Å². The maximum Gasteiger partial charge on any atom is 0.245 e. The molecule has 138 valence electrons. The summed E-state index contributed by atoms with van der Waals surface area (Å²) in [6, 6.07) is -1.61. The van der Waals surface area contributed by atoms with Crippen molar-refractivity contribution >= 4 is 11.6 Å². The second kappa shape index (κ2) is 7.99. The predicted molar refractivity (Wildman–Crippen MR) is 82.7 cm³/mol. The number of ketones is 2. The van der Waals surface area contributed by atoms with Gasteiger partial charge in [0.05, 0.1) is 19.1 Å². The minimum atomic E-state index is -2.60. The predicted octanol–water partition coefficient (Wildman–Crippen LogP) is -1.39. The van der Waals surface area contributed by atoms with Crippen LogP contribution in [0.3, 0.4) is 0 Å². The van der Waals surface area contributed by atoms with Crippen LogP contribution in [0.4, 0.5) is 0 Å². The van der Waals surface area contributed by atoms with Crippen molar-refractivity contribution in [1.29, 1.82) is 0 Å². The quantitative estimate of drug-likeness (QED) is 0.302. The van der Waals surface area contributed by atoms with Crippen LogP contribution in [0, 0.1) is 5.92 Å². The lowest BCUT2D eigenvalue weighted by molar-refractivity contribution is -0.297. The first-order valence-electron chi connectivity index (χ1n) is 8.50. The van der Waals surface area contributed by atoms with E-state index >= 15 is 0 Å². The van der Waals surface area contributed by atoms with Crippen molar-refractivity contribution in [2.45, 2.75) is 75.1 Å². The highest BCUT2D eigenvalue weighted by Gasteiger charge is 2.55. The number of aliphatic hydroxyl groups is 4. The third kappa shape index (κ3) is 3.84. The Morgan fingerprint density at radius 1 is 1.08 bits per heavy atom. The van der Waals surface area contributed by atoms with Gasteiger partial charge in [0, 0.05) is 5.92 Å². The first kappa shape index (κ1) is 19.4. The normalized spacial score (nSPS) is 38.5. The van der Waals surface area contributed by atoms with Crippen molar-refractivity contribution < 1.29 is 34.8 Å². The van der Waals surface area contributed by atoms with Gasteiger partial charge in [0.2, 0.25) is 11.6 Å². The van der Waals surface area contributed by atoms with Crippen molar-refractivity contribution in [3.63, 3.8) is 0 Å². The van der Waals surface area contributed by atoms with Crippen molar-refractivity contribution in [2.75, 3.05) is 6.61 Å². The molecule has 0 aromatic rings. The van der Waals surface area contributed by atoms with E-state index in [1.165, 1.54) is 0 Å². The molecule has 0 bridgehead atoms. The molecule has 0 aromatic carbocycles. The molecule has 8 nitrogen and oxygen atoms in total. The zero-order valence-corrected chi connectivity index (χ0v) is 13.6. The molecule has 0 amide bonds. The van der Waals surface area contributed by atoms with Crippen molar-refractivity contribution in [2.24, 2.45) is 11.7 Å². The van der Waals surface area contributed by atoms with E-state index in [1.54, 1.807) is 0 Å². The first-order chi connectivity index (χ1) is 11.3. The summed E-state index contributed by atoms with van der Waals surface area (Å²) in [5, 5.41) is 39.3. The maximum absolute atomic E-state index is 12.4. The molecule has 5 atom stereocenters. The third-order valence-corrected chi connectivity index (χ3v) is 5.11. The lowest BCUT2D eigenvalue weighted by Gasteiger charge is -2.45. The minimum Gasteiger partial charge on any atom is -0.394 e. The van der Waals surface area contributed by atoms with Gasteiger partial charge in [-0.1, -0.05) is 25.7 Å². The molecule has 2 rings (SSSR count). The number of ether oxygens (including phenoxy) is 1. The van der Waals surface area contributed by atoms with Gasteiger partial charge in [0.25, 0.3) is 0 Å². The van der Waals surface area contributed by atoms with Crippen LogP contribution in [0.1, 0.15) is 44.9 Å². The molecule has 0 radical (unpaired) electrons. The summed E-state index contributed by atoms with van der Waals surface area (Å²) in [5.74, 6) is -4.04. The summed E-state index contributed by atoms with van der Waals surface area (Å²) in [5.41, 5.74) is 5.65. The van der Waals surface area contributed by atoms with E-state index in [0.717, 1.165) is 38.5 Å². The smallest absolute Gasteiger partial charge is 0.245 e. The van der Waals surface area contributed by atoms with Crippen molar-refractivity contribution in [1.82, 2.24) is 0 Å². The van der Waals surface area contributed by atoms with E-state index in [4.69, 9.17) is 10.5 Å². The Balaban J connectivity index is 2.07. The van der Waals surface area contributed by atoms with Crippen LogP contribution in [0.25, 0.3) is 0 Å². The van der Waals surface area contributed by atoms with Crippen LogP contribution in [-0.4, -0.2) is 68.7 Å². The van der Waals surface area contributed by atoms with Gasteiger partial charge in [0.15, 0.2) is 0 Å². The SMILES string of the molecule is N[C@@H]1[C@@H](O)[C@H](O)[C@@H](CO)O[C@@]1(O)C(=O)CC(=O)C1CCCCCC1. The number of aliphatic hydroxyl groups excluding tert-OH is 3. The number of Topliss-reactive ketones (excluding diaryl/α,β-unsaturated/α-hetero) is 2. The molecule has 6 N–H and O–H groups in total. The average molecular weight is 345 g/mol. The molecule has 24 heavy (non-hydrogen) atoms. The fraction of sp³-hybridized carbons (Fsp3) is 0.875. The average Bonchev–Trinajstić information content (AvgIpc) is 2.85. The largest absolute Gasteiger partial charge is 0.394 e. The number of rotatable bonds is 5. The number of carbonyl (C=O) groups is 2. The number of carbonyl (C=O) groups excluding carboxylic acids is 2.